The molecule has 3 rings (SSSR count). The highest BCUT2D eigenvalue weighted by molar-refractivity contribution is 9.10. The van der Waals surface area contributed by atoms with Crippen molar-refractivity contribution in [3.8, 4) is 0 Å². The first-order valence-corrected chi connectivity index (χ1v) is 7.14. The Balaban J connectivity index is 1.80. The summed E-state index contributed by atoms with van der Waals surface area (Å²) in [4.78, 5) is 4.32. The second kappa shape index (κ2) is 4.91. The average Bonchev–Trinajstić information content (AvgIpc) is 2.39. The summed E-state index contributed by atoms with van der Waals surface area (Å²) in [7, 11) is 0. The van der Waals surface area contributed by atoms with Gasteiger partial charge in [0.2, 0.25) is 0 Å². The van der Waals surface area contributed by atoms with E-state index in [2.05, 4.69) is 38.4 Å². The number of rotatable bonds is 1. The third-order valence-electron chi connectivity index (χ3n) is 4.01. The van der Waals surface area contributed by atoms with Crippen LogP contribution in [0.1, 0.15) is 24.8 Å². The predicted octanol–water partition coefficient (Wildman–Crippen LogP) is 3.25. The number of allylic oxidation sites excluding steroid dienone is 2. The molecule has 0 spiro atoms. The SMILES string of the molecule is Brc1ccc(C2=CC[C@@H]3CCNC[C@@H]3C2)cn1. The molecular weight excluding hydrogens is 276 g/mol. The molecule has 1 saturated heterocycles. The van der Waals surface area contributed by atoms with Crippen LogP contribution in [0.25, 0.3) is 5.57 Å². The van der Waals surface area contributed by atoms with E-state index in [4.69, 9.17) is 0 Å². The van der Waals surface area contributed by atoms with Gasteiger partial charge in [0.1, 0.15) is 4.60 Å². The lowest BCUT2D eigenvalue weighted by Gasteiger charge is -2.35. The van der Waals surface area contributed by atoms with Gasteiger partial charge in [0.15, 0.2) is 0 Å². The molecule has 2 aliphatic rings. The Morgan fingerprint density at radius 1 is 1.29 bits per heavy atom. The second-order valence-corrected chi connectivity index (χ2v) is 5.86. The fourth-order valence-corrected chi connectivity index (χ4v) is 3.22. The summed E-state index contributed by atoms with van der Waals surface area (Å²) in [6.45, 7) is 2.39. The zero-order valence-corrected chi connectivity index (χ0v) is 11.4. The van der Waals surface area contributed by atoms with Gasteiger partial charge in [-0.2, -0.15) is 0 Å². The van der Waals surface area contributed by atoms with Crippen molar-refractivity contribution in [3.05, 3.63) is 34.6 Å². The molecule has 1 N–H and O–H groups in total. The Hall–Kier alpha value is -0.670. The topological polar surface area (TPSA) is 24.9 Å². The van der Waals surface area contributed by atoms with E-state index in [1.165, 1.54) is 43.5 Å². The number of aromatic nitrogens is 1. The molecule has 0 amide bonds. The summed E-state index contributed by atoms with van der Waals surface area (Å²) in [6.07, 6.45) is 8.20. The highest BCUT2D eigenvalue weighted by Gasteiger charge is 2.28. The number of halogens is 1. The molecule has 2 atom stereocenters. The van der Waals surface area contributed by atoms with Crippen LogP contribution in [0, 0.1) is 11.8 Å². The number of hydrogen-bond acceptors (Lipinski definition) is 2. The Morgan fingerprint density at radius 2 is 2.24 bits per heavy atom. The standard InChI is InChI=1S/C14H17BrN2/c15-14-4-3-12(9-17-14)11-2-1-10-5-6-16-8-13(10)7-11/h2-4,9-10,13,16H,1,5-8H2/t10-,13+/m1/s1. The molecule has 0 aromatic carbocycles. The lowest BCUT2D eigenvalue weighted by Crippen LogP contribution is -2.37. The zero-order valence-electron chi connectivity index (χ0n) is 9.82. The fraction of sp³-hybridized carbons (Fsp3) is 0.500. The van der Waals surface area contributed by atoms with Crippen LogP contribution in [-0.4, -0.2) is 18.1 Å². The third-order valence-corrected chi connectivity index (χ3v) is 4.48. The summed E-state index contributed by atoms with van der Waals surface area (Å²) in [5.74, 6) is 1.73. The summed E-state index contributed by atoms with van der Waals surface area (Å²) in [5, 5.41) is 3.51. The number of piperidine rings is 1. The van der Waals surface area contributed by atoms with Crippen LogP contribution in [0.3, 0.4) is 0 Å². The number of hydrogen-bond donors (Lipinski definition) is 1. The minimum atomic E-state index is 0.826. The van der Waals surface area contributed by atoms with E-state index in [0.717, 1.165) is 16.4 Å². The Morgan fingerprint density at radius 3 is 3.06 bits per heavy atom. The van der Waals surface area contributed by atoms with Gasteiger partial charge in [-0.25, -0.2) is 4.98 Å². The van der Waals surface area contributed by atoms with E-state index in [9.17, 15) is 0 Å². The lowest BCUT2D eigenvalue weighted by atomic mass is 9.75. The average molecular weight is 293 g/mol. The van der Waals surface area contributed by atoms with Gasteiger partial charge >= 0.3 is 0 Å². The van der Waals surface area contributed by atoms with Gasteiger partial charge in [-0.05, 0) is 77.3 Å². The van der Waals surface area contributed by atoms with Crippen LogP contribution >= 0.6 is 15.9 Å². The number of pyridine rings is 1. The van der Waals surface area contributed by atoms with E-state index < -0.39 is 0 Å². The molecule has 1 aromatic rings. The van der Waals surface area contributed by atoms with Crippen molar-refractivity contribution in [2.75, 3.05) is 13.1 Å². The Kier molecular flexibility index (Phi) is 3.30. The first-order chi connectivity index (χ1) is 8.33. The molecule has 1 aliphatic heterocycles. The molecular formula is C14H17BrN2. The number of nitrogens with one attached hydrogen (secondary N) is 1. The van der Waals surface area contributed by atoms with Crippen LogP contribution in [0.15, 0.2) is 29.0 Å². The van der Waals surface area contributed by atoms with Crippen molar-refractivity contribution in [1.29, 1.82) is 0 Å². The Bertz CT molecular complexity index is 424. The summed E-state index contributed by atoms with van der Waals surface area (Å²) < 4.78 is 0.912. The lowest BCUT2D eigenvalue weighted by molar-refractivity contribution is 0.252. The van der Waals surface area contributed by atoms with Crippen LogP contribution in [-0.2, 0) is 0 Å². The largest absolute Gasteiger partial charge is 0.316 e. The summed E-state index contributed by atoms with van der Waals surface area (Å²) in [5.41, 5.74) is 2.77. The molecule has 0 bridgehead atoms. The summed E-state index contributed by atoms with van der Waals surface area (Å²) in [6, 6.07) is 4.20. The van der Waals surface area contributed by atoms with Crippen molar-refractivity contribution in [2.45, 2.75) is 19.3 Å². The Labute approximate surface area is 111 Å². The molecule has 0 unspecified atom stereocenters. The minimum Gasteiger partial charge on any atom is -0.316 e. The van der Waals surface area contributed by atoms with Gasteiger partial charge in [0, 0.05) is 6.20 Å². The van der Waals surface area contributed by atoms with Gasteiger partial charge in [0.05, 0.1) is 0 Å². The fourth-order valence-electron chi connectivity index (χ4n) is 2.99. The second-order valence-electron chi connectivity index (χ2n) is 5.05. The highest BCUT2D eigenvalue weighted by atomic mass is 79.9. The van der Waals surface area contributed by atoms with E-state index in [1.807, 2.05) is 12.3 Å². The van der Waals surface area contributed by atoms with E-state index in [0.29, 0.717) is 0 Å². The summed E-state index contributed by atoms with van der Waals surface area (Å²) >= 11 is 3.38. The molecule has 1 aromatic heterocycles. The van der Waals surface area contributed by atoms with Crippen molar-refractivity contribution in [1.82, 2.24) is 10.3 Å². The van der Waals surface area contributed by atoms with Crippen molar-refractivity contribution in [2.24, 2.45) is 11.8 Å². The van der Waals surface area contributed by atoms with Gasteiger partial charge in [0.25, 0.3) is 0 Å². The van der Waals surface area contributed by atoms with E-state index in [1.54, 1.807) is 0 Å². The molecule has 2 nitrogen and oxygen atoms in total. The van der Waals surface area contributed by atoms with Crippen LogP contribution in [0.2, 0.25) is 0 Å². The molecule has 17 heavy (non-hydrogen) atoms. The normalized spacial score (nSPS) is 28.4. The van der Waals surface area contributed by atoms with Crippen molar-refractivity contribution < 1.29 is 0 Å². The number of nitrogens with zero attached hydrogens (tertiary/aromatic N) is 1. The first kappa shape index (κ1) is 11.4. The monoisotopic (exact) mass is 292 g/mol. The van der Waals surface area contributed by atoms with Gasteiger partial charge in [-0.1, -0.05) is 12.1 Å². The highest BCUT2D eigenvalue weighted by Crippen LogP contribution is 2.37. The maximum absolute atomic E-state index is 4.32. The smallest absolute Gasteiger partial charge is 0.106 e. The molecule has 1 fully saturated rings. The van der Waals surface area contributed by atoms with Crippen LogP contribution < -0.4 is 5.32 Å². The number of fused-ring (bicyclic) bond motifs is 1. The molecule has 0 saturated carbocycles. The van der Waals surface area contributed by atoms with Gasteiger partial charge in [-0.15, -0.1) is 0 Å². The quantitative estimate of drug-likeness (QED) is 0.804. The van der Waals surface area contributed by atoms with E-state index >= 15 is 0 Å². The van der Waals surface area contributed by atoms with Crippen LogP contribution in [0.5, 0.6) is 0 Å². The van der Waals surface area contributed by atoms with Crippen LogP contribution in [0.4, 0.5) is 0 Å². The zero-order chi connectivity index (χ0) is 11.7. The maximum Gasteiger partial charge on any atom is 0.106 e. The predicted molar refractivity (Wildman–Crippen MR) is 73.6 cm³/mol. The first-order valence-electron chi connectivity index (χ1n) is 6.34. The molecule has 3 heteroatoms. The van der Waals surface area contributed by atoms with Crippen molar-refractivity contribution in [3.63, 3.8) is 0 Å². The third kappa shape index (κ3) is 2.45. The minimum absolute atomic E-state index is 0.826. The van der Waals surface area contributed by atoms with Gasteiger partial charge in [-0.3, -0.25) is 0 Å². The molecule has 1 aliphatic carbocycles. The molecule has 2 heterocycles. The van der Waals surface area contributed by atoms with Crippen molar-refractivity contribution >= 4 is 21.5 Å². The van der Waals surface area contributed by atoms with Gasteiger partial charge < -0.3 is 5.32 Å². The van der Waals surface area contributed by atoms with E-state index in [-0.39, 0.29) is 0 Å². The molecule has 90 valence electrons. The maximum atomic E-state index is 4.32. The molecule has 0 radical (unpaired) electrons.